The van der Waals surface area contributed by atoms with Crippen molar-refractivity contribution in [3.05, 3.63) is 64.0 Å². The molecule has 0 saturated heterocycles. The molecule has 3 aromatic rings. The number of aromatic nitrogens is 3. The molecule has 1 aliphatic rings. The molecule has 1 atom stereocenters. The third kappa shape index (κ3) is 6.38. The number of ether oxygens (including phenoxy) is 1. The van der Waals surface area contributed by atoms with Crippen molar-refractivity contribution in [3.63, 3.8) is 0 Å². The van der Waals surface area contributed by atoms with E-state index in [1.54, 1.807) is 4.68 Å². The number of nitrogens with zero attached hydrogens (tertiary/aromatic N) is 3. The lowest BCUT2D eigenvalue weighted by Gasteiger charge is -2.18. The molecule has 0 aliphatic heterocycles. The highest BCUT2D eigenvalue weighted by Crippen LogP contribution is 2.31. The number of aliphatic carboxylic acids is 1. The zero-order chi connectivity index (χ0) is 25.0. The second kappa shape index (κ2) is 10.6. The Labute approximate surface area is 203 Å². The molecule has 0 spiro atoms. The monoisotopic (exact) mass is 557 g/mol. The molecule has 2 heterocycles. The largest absolute Gasteiger partial charge is 0.480 e. The molecule has 4 rings (SSSR count). The Bertz CT molecular complexity index is 1310. The van der Waals surface area contributed by atoms with Crippen LogP contribution in [-0.4, -0.2) is 40.5 Å². The number of pyridine rings is 1. The van der Waals surface area contributed by atoms with E-state index in [0.29, 0.717) is 5.92 Å². The number of benzene rings is 1. The highest BCUT2D eigenvalue weighted by atomic mass is 79.9. The second-order valence-corrected chi connectivity index (χ2v) is 10.7. The summed E-state index contributed by atoms with van der Waals surface area (Å²) in [5.74, 6) is -2.24. The maximum absolute atomic E-state index is 13.0. The first-order chi connectivity index (χ1) is 16.0. The molecule has 0 radical (unpaired) electrons. The van der Waals surface area contributed by atoms with Gasteiger partial charge in [0, 0.05) is 24.2 Å². The molecule has 1 N–H and O–H groups in total. The number of hydrogen-bond donors (Lipinski definition) is 1. The van der Waals surface area contributed by atoms with Crippen molar-refractivity contribution in [2.45, 2.75) is 43.5 Å². The Morgan fingerprint density at radius 1 is 1.26 bits per heavy atom. The average Bonchev–Trinajstić information content (AvgIpc) is 3.15. The van der Waals surface area contributed by atoms with Crippen LogP contribution in [-0.2, 0) is 27.6 Å². The molecule has 2 aromatic heterocycles. The van der Waals surface area contributed by atoms with Crippen molar-refractivity contribution < 1.29 is 31.8 Å². The van der Waals surface area contributed by atoms with E-state index in [0.717, 1.165) is 43.1 Å². The number of carboxylic acid groups (broad SMARTS) is 1. The van der Waals surface area contributed by atoms with Crippen LogP contribution in [0.4, 0.5) is 8.78 Å². The van der Waals surface area contributed by atoms with Crippen molar-refractivity contribution >= 4 is 31.7 Å². The Balaban J connectivity index is 0.000000202. The SMILES string of the molecule is CC1CCCc2c1cnn2CC(=O)O.CS(=O)(=O)c1cnc(Oc2ccc(F)c(F)c2)c(Br)c1. The van der Waals surface area contributed by atoms with Crippen LogP contribution in [0.3, 0.4) is 0 Å². The molecule has 182 valence electrons. The maximum Gasteiger partial charge on any atom is 0.325 e. The molecular weight excluding hydrogens is 536 g/mol. The van der Waals surface area contributed by atoms with Gasteiger partial charge in [-0.2, -0.15) is 5.10 Å². The first-order valence-electron chi connectivity index (χ1n) is 10.2. The summed E-state index contributed by atoms with van der Waals surface area (Å²) >= 11 is 3.11. The first kappa shape index (κ1) is 25.8. The Kier molecular flexibility index (Phi) is 8.03. The molecule has 1 aliphatic carbocycles. The molecule has 0 bridgehead atoms. The number of halogens is 3. The van der Waals surface area contributed by atoms with Gasteiger partial charge in [-0.1, -0.05) is 6.92 Å². The lowest BCUT2D eigenvalue weighted by atomic mass is 9.89. The van der Waals surface area contributed by atoms with Crippen LogP contribution in [0.15, 0.2) is 46.0 Å². The zero-order valence-corrected chi connectivity index (χ0v) is 20.7. The standard InChI is InChI=1S/C12H8BrF2NO3S.C10H14N2O2/c1-20(17,18)8-5-9(13)12(16-6-8)19-7-2-3-10(14)11(15)4-7;1-7-3-2-4-9-8(7)5-11-12(9)6-10(13)14/h2-6H,1H3;5,7H,2-4,6H2,1H3,(H,13,14). The fourth-order valence-corrected chi connectivity index (χ4v) is 4.60. The van der Waals surface area contributed by atoms with Gasteiger partial charge >= 0.3 is 5.97 Å². The molecule has 1 aromatic carbocycles. The summed E-state index contributed by atoms with van der Waals surface area (Å²) < 4.78 is 55.7. The minimum Gasteiger partial charge on any atom is -0.480 e. The van der Waals surface area contributed by atoms with Gasteiger partial charge in [0.05, 0.1) is 15.6 Å². The molecule has 1 unspecified atom stereocenters. The number of carbonyl (C=O) groups is 1. The van der Waals surface area contributed by atoms with Gasteiger partial charge in [-0.3, -0.25) is 9.48 Å². The number of fused-ring (bicyclic) bond motifs is 1. The van der Waals surface area contributed by atoms with Gasteiger partial charge in [-0.05, 0) is 64.9 Å². The topological polar surface area (TPSA) is 111 Å². The Hall–Kier alpha value is -2.86. The van der Waals surface area contributed by atoms with Gasteiger partial charge in [0.1, 0.15) is 12.3 Å². The molecule has 0 saturated carbocycles. The molecule has 12 heteroatoms. The van der Waals surface area contributed by atoms with Crippen LogP contribution in [0.2, 0.25) is 0 Å². The minimum absolute atomic E-state index is 0.0119. The van der Waals surface area contributed by atoms with E-state index >= 15 is 0 Å². The normalized spacial score (nSPS) is 15.1. The van der Waals surface area contributed by atoms with Gasteiger partial charge in [-0.15, -0.1) is 0 Å². The van der Waals surface area contributed by atoms with E-state index in [2.05, 4.69) is 32.9 Å². The predicted octanol–water partition coefficient (Wildman–Crippen LogP) is 4.73. The van der Waals surface area contributed by atoms with E-state index in [1.165, 1.54) is 24.1 Å². The van der Waals surface area contributed by atoms with Crippen molar-refractivity contribution in [3.8, 4) is 11.6 Å². The summed E-state index contributed by atoms with van der Waals surface area (Å²) in [6.07, 6.45) is 7.28. The molecule has 0 amide bonds. The van der Waals surface area contributed by atoms with E-state index in [4.69, 9.17) is 9.84 Å². The summed E-state index contributed by atoms with van der Waals surface area (Å²) in [5.41, 5.74) is 2.35. The second-order valence-electron chi connectivity index (χ2n) is 7.80. The lowest BCUT2D eigenvalue weighted by Crippen LogP contribution is -2.16. The fourth-order valence-electron chi connectivity index (χ4n) is 3.44. The van der Waals surface area contributed by atoms with Gasteiger partial charge < -0.3 is 9.84 Å². The van der Waals surface area contributed by atoms with Crippen molar-refractivity contribution in [1.82, 2.24) is 14.8 Å². The lowest BCUT2D eigenvalue weighted by molar-refractivity contribution is -0.137. The number of carboxylic acids is 1. The smallest absolute Gasteiger partial charge is 0.325 e. The predicted molar refractivity (Wildman–Crippen MR) is 123 cm³/mol. The molecule has 0 fully saturated rings. The number of hydrogen-bond acceptors (Lipinski definition) is 6. The van der Waals surface area contributed by atoms with Crippen molar-refractivity contribution in [2.24, 2.45) is 0 Å². The fraction of sp³-hybridized carbons (Fsp3) is 0.318. The van der Waals surface area contributed by atoms with Crippen LogP contribution in [0.1, 0.15) is 36.9 Å². The van der Waals surface area contributed by atoms with Gasteiger partial charge in [0.25, 0.3) is 0 Å². The van der Waals surface area contributed by atoms with Gasteiger partial charge in [-0.25, -0.2) is 22.2 Å². The van der Waals surface area contributed by atoms with E-state index in [-0.39, 0.29) is 27.5 Å². The van der Waals surface area contributed by atoms with Gasteiger partial charge in [0.2, 0.25) is 5.88 Å². The summed E-state index contributed by atoms with van der Waals surface area (Å²) in [7, 11) is -3.38. The van der Waals surface area contributed by atoms with Crippen LogP contribution in [0.5, 0.6) is 11.6 Å². The highest BCUT2D eigenvalue weighted by Gasteiger charge is 2.21. The van der Waals surface area contributed by atoms with Crippen LogP contribution in [0.25, 0.3) is 0 Å². The van der Waals surface area contributed by atoms with Crippen molar-refractivity contribution in [2.75, 3.05) is 6.26 Å². The number of sulfone groups is 1. The summed E-state index contributed by atoms with van der Waals surface area (Å²) in [4.78, 5) is 14.4. The molecule has 8 nitrogen and oxygen atoms in total. The zero-order valence-electron chi connectivity index (χ0n) is 18.3. The van der Waals surface area contributed by atoms with Crippen LogP contribution < -0.4 is 4.74 Å². The summed E-state index contributed by atoms with van der Waals surface area (Å²) in [5, 5.41) is 12.8. The van der Waals surface area contributed by atoms with Crippen molar-refractivity contribution in [1.29, 1.82) is 0 Å². The average molecular weight is 558 g/mol. The maximum atomic E-state index is 13.0. The molecular formula is C22H22BrF2N3O5S. The van der Waals surface area contributed by atoms with E-state index in [9.17, 15) is 22.0 Å². The Morgan fingerprint density at radius 2 is 2.00 bits per heavy atom. The Morgan fingerprint density at radius 3 is 2.62 bits per heavy atom. The third-order valence-corrected chi connectivity index (χ3v) is 6.81. The van der Waals surface area contributed by atoms with Crippen LogP contribution in [0, 0.1) is 11.6 Å². The molecule has 34 heavy (non-hydrogen) atoms. The highest BCUT2D eigenvalue weighted by molar-refractivity contribution is 9.10. The van der Waals surface area contributed by atoms with Gasteiger partial charge in [0.15, 0.2) is 21.5 Å². The minimum atomic E-state index is -3.38. The quantitative estimate of drug-likeness (QED) is 0.482. The van der Waals surface area contributed by atoms with Crippen LogP contribution >= 0.6 is 15.9 Å². The first-order valence-corrected chi connectivity index (χ1v) is 12.9. The van der Waals surface area contributed by atoms with E-state index < -0.39 is 27.4 Å². The summed E-state index contributed by atoms with van der Waals surface area (Å²) in [6, 6.07) is 4.34. The third-order valence-electron chi connectivity index (χ3n) is 5.16. The summed E-state index contributed by atoms with van der Waals surface area (Å²) in [6.45, 7) is 2.16. The van der Waals surface area contributed by atoms with E-state index in [1.807, 2.05) is 6.20 Å². The number of rotatable bonds is 5.